The Bertz CT molecular complexity index is 1660. The van der Waals surface area contributed by atoms with E-state index in [2.05, 4.69) is 47.9 Å². The van der Waals surface area contributed by atoms with Crippen LogP contribution in [0.25, 0.3) is 42.4 Å². The largest absolute Gasteiger partial charge is 0.366 e. The monoisotopic (exact) mass is 494 g/mol. The highest BCUT2D eigenvalue weighted by Crippen LogP contribution is 2.38. The minimum Gasteiger partial charge on any atom is -0.366 e. The predicted octanol–water partition coefficient (Wildman–Crippen LogP) is 8.05. The highest BCUT2D eigenvalue weighted by molar-refractivity contribution is 7.17. The molecule has 0 fully saturated rings. The number of hydrogen-bond donors (Lipinski definition) is 0. The van der Waals surface area contributed by atoms with Crippen molar-refractivity contribution in [2.45, 2.75) is 38.9 Å². The summed E-state index contributed by atoms with van der Waals surface area (Å²) in [4.78, 5) is 0. The Balaban J connectivity index is 2.01. The molecule has 0 bridgehead atoms. The number of fused-ring (bicyclic) bond motifs is 4. The first-order valence-electron chi connectivity index (χ1n) is 11.8. The molecule has 0 unspecified atom stereocenters. The summed E-state index contributed by atoms with van der Waals surface area (Å²) in [5.74, 6) is 13.5. The topological polar surface area (TPSA) is 18.5 Å². The van der Waals surface area contributed by atoms with Crippen LogP contribution in [0.4, 0.5) is 4.39 Å². The quantitative estimate of drug-likeness (QED) is 0.183. The Morgan fingerprint density at radius 2 is 1.11 bits per heavy atom. The van der Waals surface area contributed by atoms with Gasteiger partial charge in [0.15, 0.2) is 5.13 Å². The highest BCUT2D eigenvalue weighted by atomic mass is 32.1. The molecule has 0 saturated heterocycles. The van der Waals surface area contributed by atoms with Gasteiger partial charge in [-0.05, 0) is 90.3 Å². The lowest BCUT2D eigenvalue weighted by Gasteiger charge is -2.17. The van der Waals surface area contributed by atoms with Crippen molar-refractivity contribution in [3.63, 3.8) is 0 Å². The van der Waals surface area contributed by atoms with E-state index in [1.165, 1.54) is 0 Å². The fourth-order valence-electron chi connectivity index (χ4n) is 4.21. The van der Waals surface area contributed by atoms with Crippen molar-refractivity contribution < 1.29 is 13.9 Å². The summed E-state index contributed by atoms with van der Waals surface area (Å²) in [5.41, 5.74) is 0.550. The van der Waals surface area contributed by atoms with Crippen LogP contribution >= 0.6 is 11.3 Å². The van der Waals surface area contributed by atoms with E-state index in [0.717, 1.165) is 64.9 Å². The van der Waals surface area contributed by atoms with Crippen LogP contribution < -0.4 is 0 Å². The van der Waals surface area contributed by atoms with Gasteiger partial charge in [-0.1, -0.05) is 47.9 Å². The van der Waals surface area contributed by atoms with Crippen molar-refractivity contribution >= 4 is 53.7 Å². The van der Waals surface area contributed by atoms with E-state index in [1.807, 2.05) is 52.0 Å². The molecule has 1 heterocycles. The zero-order valence-corrected chi connectivity index (χ0v) is 22.1. The zero-order chi connectivity index (χ0) is 25.7. The lowest BCUT2D eigenvalue weighted by molar-refractivity contribution is 0.0739. The number of ether oxygens (including phenoxy) is 2. The van der Waals surface area contributed by atoms with E-state index >= 15 is 0 Å². The Morgan fingerprint density at radius 1 is 0.667 bits per heavy atom. The second kappa shape index (κ2) is 8.91. The van der Waals surface area contributed by atoms with Crippen molar-refractivity contribution in [3.8, 4) is 23.7 Å². The molecule has 0 saturated carbocycles. The summed E-state index contributed by atoms with van der Waals surface area (Å²) in [6.45, 7) is 7.77. The molecule has 180 valence electrons. The standard InChI is InChI=1S/C32H27FO2S/c1-31(2,34-5)13-11-23-25-15-20-9-7-8-10-21(20)16-26(25)24(12-14-32(3,4)35-6)28-19-29-22(17-27(23)28)18-30(33)36-29/h7-10,15-19H,1-6H3. The molecule has 0 radical (unpaired) electrons. The molecule has 0 atom stereocenters. The molecule has 4 aromatic carbocycles. The SMILES string of the molecule is COC(C)(C)C#Cc1c2cc3ccccc3cc2c(C#CC(C)(C)OC)c2cc3sc(F)cc3cc12. The van der Waals surface area contributed by atoms with Gasteiger partial charge in [-0.25, -0.2) is 0 Å². The number of halogens is 1. The molecular weight excluding hydrogens is 467 g/mol. The van der Waals surface area contributed by atoms with E-state index in [-0.39, 0.29) is 5.13 Å². The molecule has 2 nitrogen and oxygen atoms in total. The van der Waals surface area contributed by atoms with Crippen LogP contribution in [0.3, 0.4) is 0 Å². The van der Waals surface area contributed by atoms with Gasteiger partial charge < -0.3 is 9.47 Å². The average molecular weight is 495 g/mol. The molecule has 5 aromatic rings. The van der Waals surface area contributed by atoms with Crippen LogP contribution in [0.1, 0.15) is 38.8 Å². The minimum absolute atomic E-state index is 0.211. The molecule has 5 rings (SSSR count). The average Bonchev–Trinajstić information content (AvgIpc) is 3.22. The van der Waals surface area contributed by atoms with Crippen molar-refractivity contribution in [2.24, 2.45) is 0 Å². The Morgan fingerprint density at radius 3 is 1.58 bits per heavy atom. The van der Waals surface area contributed by atoms with Crippen molar-refractivity contribution in [2.75, 3.05) is 14.2 Å². The van der Waals surface area contributed by atoms with Gasteiger partial charge >= 0.3 is 0 Å². The maximum absolute atomic E-state index is 14.3. The molecule has 1 aromatic heterocycles. The van der Waals surface area contributed by atoms with E-state index in [9.17, 15) is 4.39 Å². The van der Waals surface area contributed by atoms with Gasteiger partial charge in [-0.3, -0.25) is 0 Å². The van der Waals surface area contributed by atoms with Gasteiger partial charge in [0.1, 0.15) is 11.2 Å². The number of benzene rings is 4. The molecule has 0 aliphatic rings. The van der Waals surface area contributed by atoms with Gasteiger partial charge in [0.25, 0.3) is 0 Å². The van der Waals surface area contributed by atoms with Gasteiger partial charge in [-0.15, -0.1) is 11.3 Å². The third kappa shape index (κ3) is 4.45. The Hall–Kier alpha value is -3.41. The number of hydrogen-bond acceptors (Lipinski definition) is 3. The third-order valence-electron chi connectivity index (χ3n) is 6.59. The summed E-state index contributed by atoms with van der Waals surface area (Å²) in [5, 5.41) is 6.81. The first kappa shape index (κ1) is 24.3. The van der Waals surface area contributed by atoms with Gasteiger partial charge in [0.05, 0.1) is 0 Å². The lowest BCUT2D eigenvalue weighted by Crippen LogP contribution is -2.19. The van der Waals surface area contributed by atoms with E-state index in [4.69, 9.17) is 9.47 Å². The second-order valence-electron chi connectivity index (χ2n) is 9.91. The molecule has 0 aliphatic carbocycles. The molecule has 0 aliphatic heterocycles. The van der Waals surface area contributed by atoms with Crippen LogP contribution in [0.15, 0.2) is 54.6 Å². The third-order valence-corrected chi connectivity index (χ3v) is 7.47. The molecule has 0 N–H and O–H groups in total. The van der Waals surface area contributed by atoms with E-state index < -0.39 is 11.2 Å². The first-order chi connectivity index (χ1) is 17.1. The molecule has 36 heavy (non-hydrogen) atoms. The fraction of sp³-hybridized carbons (Fsp3) is 0.250. The summed E-state index contributed by atoms with van der Waals surface area (Å²) in [6, 6.07) is 18.3. The lowest BCUT2D eigenvalue weighted by atomic mass is 9.89. The van der Waals surface area contributed by atoms with Gasteiger partial charge in [0.2, 0.25) is 0 Å². The highest BCUT2D eigenvalue weighted by Gasteiger charge is 2.18. The summed E-state index contributed by atoms with van der Waals surface area (Å²) in [7, 11) is 3.32. The maximum Gasteiger partial charge on any atom is 0.177 e. The molecule has 0 amide bonds. The van der Waals surface area contributed by atoms with Gasteiger partial charge in [0, 0.05) is 35.4 Å². The van der Waals surface area contributed by atoms with Crippen molar-refractivity contribution in [1.82, 2.24) is 0 Å². The van der Waals surface area contributed by atoms with E-state index in [1.54, 1.807) is 20.3 Å². The predicted molar refractivity (Wildman–Crippen MR) is 150 cm³/mol. The zero-order valence-electron chi connectivity index (χ0n) is 21.3. The van der Waals surface area contributed by atoms with E-state index in [0.29, 0.717) is 0 Å². The fourth-order valence-corrected chi connectivity index (χ4v) is 5.02. The first-order valence-corrected chi connectivity index (χ1v) is 12.6. The number of methoxy groups -OCH3 is 2. The van der Waals surface area contributed by atoms with Crippen molar-refractivity contribution in [1.29, 1.82) is 0 Å². The number of thiophene rings is 1. The Kier molecular flexibility index (Phi) is 6.01. The van der Waals surface area contributed by atoms with Crippen LogP contribution in [0, 0.1) is 28.8 Å². The van der Waals surface area contributed by atoms with Crippen LogP contribution in [-0.2, 0) is 9.47 Å². The smallest absolute Gasteiger partial charge is 0.177 e. The Labute approximate surface area is 215 Å². The molecule has 0 spiro atoms. The van der Waals surface area contributed by atoms with Crippen LogP contribution in [0.5, 0.6) is 0 Å². The minimum atomic E-state index is -0.616. The number of rotatable bonds is 2. The maximum atomic E-state index is 14.3. The second-order valence-corrected chi connectivity index (χ2v) is 10.9. The van der Waals surface area contributed by atoms with Crippen molar-refractivity contribution in [3.05, 3.63) is 70.9 Å². The summed E-state index contributed by atoms with van der Waals surface area (Å²) >= 11 is 1.14. The van der Waals surface area contributed by atoms with Gasteiger partial charge in [-0.2, -0.15) is 4.39 Å². The molecule has 4 heteroatoms. The summed E-state index contributed by atoms with van der Waals surface area (Å²) in [6.07, 6.45) is 0. The summed E-state index contributed by atoms with van der Waals surface area (Å²) < 4.78 is 26.3. The molecular formula is C32H27FO2S. The van der Waals surface area contributed by atoms with Crippen LogP contribution in [-0.4, -0.2) is 25.4 Å². The normalized spacial score (nSPS) is 12.1. The van der Waals surface area contributed by atoms with Crippen LogP contribution in [0.2, 0.25) is 0 Å².